The molecular formula is C18H19F3N2O2. The molecule has 3 aliphatic rings. The Labute approximate surface area is 144 Å². The molecule has 0 radical (unpaired) electrons. The Kier molecular flexibility index (Phi) is 4.91. The molecule has 4 nitrogen and oxygen atoms in total. The molecule has 3 saturated heterocycles. The first kappa shape index (κ1) is 17.6. The number of nitrogens with zero attached hydrogens (tertiary/aromatic N) is 1. The number of hydrogen-bond acceptors (Lipinski definition) is 3. The Morgan fingerprint density at radius 1 is 1.44 bits per heavy atom. The molecule has 2 bridgehead atoms. The molecule has 4 rings (SSSR count). The molecule has 7 heteroatoms. The molecule has 1 amide bonds. The van der Waals surface area contributed by atoms with Gasteiger partial charge in [0.1, 0.15) is 6.61 Å². The minimum atomic E-state index is -4.45. The lowest BCUT2D eigenvalue weighted by atomic mass is 9.76. The van der Waals surface area contributed by atoms with Crippen LogP contribution in [0.2, 0.25) is 0 Å². The molecule has 1 aromatic rings. The van der Waals surface area contributed by atoms with Crippen molar-refractivity contribution in [3.63, 3.8) is 0 Å². The Morgan fingerprint density at radius 2 is 2.24 bits per heavy atom. The van der Waals surface area contributed by atoms with Crippen molar-refractivity contribution in [3.8, 4) is 12.3 Å². The summed E-state index contributed by atoms with van der Waals surface area (Å²) in [4.78, 5) is 14.1. The zero-order valence-corrected chi connectivity index (χ0v) is 13.6. The maximum Gasteiger partial charge on any atom is 0.416 e. The Balaban J connectivity index is 1.52. The number of fused-ring (bicyclic) bond motifs is 3. The molecule has 0 aromatic heterocycles. The normalized spacial score (nSPS) is 28.2. The first-order chi connectivity index (χ1) is 11.9. The monoisotopic (exact) mass is 352 g/mol. The van der Waals surface area contributed by atoms with E-state index in [2.05, 4.69) is 16.1 Å². The van der Waals surface area contributed by atoms with Crippen molar-refractivity contribution in [2.75, 3.05) is 25.0 Å². The zero-order valence-electron chi connectivity index (χ0n) is 13.6. The number of alkyl halides is 3. The minimum absolute atomic E-state index is 0.0534. The molecule has 0 aliphatic carbocycles. The van der Waals surface area contributed by atoms with E-state index in [0.717, 1.165) is 38.1 Å². The number of nitrogens with one attached hydrogen (secondary N) is 1. The fourth-order valence-corrected chi connectivity index (χ4v) is 3.60. The fraction of sp³-hybridized carbons (Fsp3) is 0.500. The van der Waals surface area contributed by atoms with Crippen LogP contribution < -0.4 is 5.32 Å². The number of anilines is 1. The van der Waals surface area contributed by atoms with Crippen LogP contribution in [0.4, 0.5) is 23.7 Å². The third-order valence-corrected chi connectivity index (χ3v) is 4.94. The number of hydrogen-bond donors (Lipinski definition) is 1. The van der Waals surface area contributed by atoms with Crippen LogP contribution in [-0.4, -0.2) is 36.7 Å². The lowest BCUT2D eigenvalue weighted by molar-refractivity contribution is -0.137. The first-order valence-electron chi connectivity index (χ1n) is 8.18. The van der Waals surface area contributed by atoms with Gasteiger partial charge in [-0.25, -0.2) is 4.79 Å². The predicted molar refractivity (Wildman–Crippen MR) is 86.8 cm³/mol. The van der Waals surface area contributed by atoms with Crippen LogP contribution in [0.15, 0.2) is 24.3 Å². The maximum absolute atomic E-state index is 12.7. The number of ether oxygens (including phenoxy) is 1. The molecule has 0 saturated carbocycles. The smallest absolute Gasteiger partial charge is 0.416 e. The number of terminal acetylenes is 1. The van der Waals surface area contributed by atoms with Gasteiger partial charge in [-0.2, -0.15) is 13.2 Å². The summed E-state index contributed by atoms with van der Waals surface area (Å²) in [6.45, 7) is 1.95. The van der Waals surface area contributed by atoms with E-state index in [4.69, 9.17) is 11.2 Å². The summed E-state index contributed by atoms with van der Waals surface area (Å²) in [6, 6.07) is 4.58. The molecule has 4 atom stereocenters. The standard InChI is InChI=1S/C18H19F3N2O2/c1-2-12-10-23-7-6-13(12)8-16(23)11-25-17(24)22-15-5-3-4-14(9-15)18(19,20)21/h1,3-5,9,12-13,16H,6-8,10-11H2,(H,22,24). The van der Waals surface area contributed by atoms with E-state index in [1.165, 1.54) is 12.1 Å². The van der Waals surface area contributed by atoms with Gasteiger partial charge >= 0.3 is 12.3 Å². The van der Waals surface area contributed by atoms with Crippen LogP contribution in [0.1, 0.15) is 18.4 Å². The van der Waals surface area contributed by atoms with E-state index < -0.39 is 17.8 Å². The maximum atomic E-state index is 12.7. The van der Waals surface area contributed by atoms with Gasteiger partial charge in [0.05, 0.1) is 5.56 Å². The summed E-state index contributed by atoms with van der Waals surface area (Å²) in [5.41, 5.74) is -0.765. The van der Waals surface area contributed by atoms with Crippen molar-refractivity contribution in [2.45, 2.75) is 25.1 Å². The number of piperidine rings is 3. The van der Waals surface area contributed by atoms with Gasteiger partial charge in [0.15, 0.2) is 0 Å². The predicted octanol–water partition coefficient (Wildman–Crippen LogP) is 3.60. The summed E-state index contributed by atoms with van der Waals surface area (Å²) in [5.74, 6) is 3.52. The van der Waals surface area contributed by atoms with Gasteiger partial charge in [0.25, 0.3) is 0 Å². The third kappa shape index (κ3) is 4.07. The van der Waals surface area contributed by atoms with Crippen LogP contribution in [-0.2, 0) is 10.9 Å². The zero-order chi connectivity index (χ0) is 18.0. The number of benzene rings is 1. The van der Waals surface area contributed by atoms with E-state index in [1.54, 1.807) is 0 Å². The number of amides is 1. The minimum Gasteiger partial charge on any atom is -0.448 e. The number of rotatable bonds is 3. The number of halogens is 3. The second kappa shape index (κ2) is 6.96. The third-order valence-electron chi connectivity index (χ3n) is 4.94. The van der Waals surface area contributed by atoms with Crippen molar-refractivity contribution >= 4 is 11.8 Å². The molecular weight excluding hydrogens is 333 g/mol. The van der Waals surface area contributed by atoms with Crippen LogP contribution in [0, 0.1) is 24.2 Å². The van der Waals surface area contributed by atoms with Crippen molar-refractivity contribution < 1.29 is 22.7 Å². The van der Waals surface area contributed by atoms with Crippen LogP contribution in [0.3, 0.4) is 0 Å². The summed E-state index contributed by atoms with van der Waals surface area (Å²) in [7, 11) is 0. The van der Waals surface area contributed by atoms with Crippen molar-refractivity contribution in [1.82, 2.24) is 4.90 Å². The highest BCUT2D eigenvalue weighted by molar-refractivity contribution is 5.84. The largest absolute Gasteiger partial charge is 0.448 e. The highest BCUT2D eigenvalue weighted by Crippen LogP contribution is 2.36. The molecule has 3 aliphatic heterocycles. The molecule has 0 spiro atoms. The summed E-state index contributed by atoms with van der Waals surface area (Å²) in [6.07, 6.45) is 2.26. The van der Waals surface area contributed by atoms with E-state index in [1.807, 2.05) is 0 Å². The average molecular weight is 352 g/mol. The fourth-order valence-electron chi connectivity index (χ4n) is 3.60. The molecule has 4 unspecified atom stereocenters. The van der Waals surface area contributed by atoms with E-state index in [9.17, 15) is 18.0 Å². The van der Waals surface area contributed by atoms with Crippen molar-refractivity contribution in [3.05, 3.63) is 29.8 Å². The second-order valence-electron chi connectivity index (χ2n) is 6.51. The highest BCUT2D eigenvalue weighted by Gasteiger charge is 2.39. The Bertz CT molecular complexity index is 684. The topological polar surface area (TPSA) is 41.6 Å². The Morgan fingerprint density at radius 3 is 2.88 bits per heavy atom. The van der Waals surface area contributed by atoms with Gasteiger partial charge < -0.3 is 4.74 Å². The molecule has 1 N–H and O–H groups in total. The molecule has 25 heavy (non-hydrogen) atoms. The second-order valence-corrected chi connectivity index (χ2v) is 6.51. The van der Waals surface area contributed by atoms with Gasteiger partial charge in [-0.1, -0.05) is 6.07 Å². The van der Waals surface area contributed by atoms with Crippen molar-refractivity contribution in [1.29, 1.82) is 0 Å². The lowest BCUT2D eigenvalue weighted by Gasteiger charge is -2.48. The number of carbonyl (C=O) groups excluding carboxylic acids is 1. The van der Waals surface area contributed by atoms with Crippen molar-refractivity contribution in [2.24, 2.45) is 11.8 Å². The number of carbonyl (C=O) groups is 1. The van der Waals surface area contributed by atoms with Gasteiger partial charge in [-0.05, 0) is 43.5 Å². The van der Waals surface area contributed by atoms with Gasteiger partial charge in [0.2, 0.25) is 0 Å². The van der Waals surface area contributed by atoms with Gasteiger partial charge in [0, 0.05) is 24.2 Å². The molecule has 1 aromatic carbocycles. The quantitative estimate of drug-likeness (QED) is 0.845. The van der Waals surface area contributed by atoms with Gasteiger partial charge in [-0.15, -0.1) is 12.3 Å². The van der Waals surface area contributed by atoms with Crippen LogP contribution in [0.5, 0.6) is 0 Å². The van der Waals surface area contributed by atoms with Crippen LogP contribution in [0.25, 0.3) is 0 Å². The van der Waals surface area contributed by atoms with E-state index in [-0.39, 0.29) is 24.3 Å². The molecule has 134 valence electrons. The van der Waals surface area contributed by atoms with E-state index in [0.29, 0.717) is 5.92 Å². The van der Waals surface area contributed by atoms with E-state index >= 15 is 0 Å². The molecule has 3 fully saturated rings. The van der Waals surface area contributed by atoms with Gasteiger partial charge in [-0.3, -0.25) is 10.2 Å². The average Bonchev–Trinajstić information content (AvgIpc) is 2.60. The van der Waals surface area contributed by atoms with Crippen LogP contribution >= 0.6 is 0 Å². The highest BCUT2D eigenvalue weighted by atomic mass is 19.4. The lowest BCUT2D eigenvalue weighted by Crippen LogP contribution is -2.54. The SMILES string of the molecule is C#CC1CN2CCC1CC2COC(=O)Nc1cccc(C(F)(F)F)c1. The summed E-state index contributed by atoms with van der Waals surface area (Å²) in [5, 5.41) is 2.35. The Hall–Kier alpha value is -2.20. The summed E-state index contributed by atoms with van der Waals surface area (Å²) < 4.78 is 43.2. The first-order valence-corrected chi connectivity index (χ1v) is 8.18. The summed E-state index contributed by atoms with van der Waals surface area (Å²) >= 11 is 0. The molecule has 3 heterocycles.